The SMILES string of the molecule is COc1cc2nc(NCCCCCS(C)(=O)=O)c3nnc(C)n3c2cc1OC. The minimum absolute atomic E-state index is 0.219. The van der Waals surface area contributed by atoms with Crippen molar-refractivity contribution < 1.29 is 17.9 Å². The van der Waals surface area contributed by atoms with Gasteiger partial charge in [-0.2, -0.15) is 0 Å². The van der Waals surface area contributed by atoms with Crippen LogP contribution in [0.1, 0.15) is 25.1 Å². The van der Waals surface area contributed by atoms with E-state index in [2.05, 4.69) is 15.5 Å². The first-order chi connectivity index (χ1) is 13.3. The van der Waals surface area contributed by atoms with Crippen LogP contribution in [0.15, 0.2) is 12.1 Å². The maximum Gasteiger partial charge on any atom is 0.204 e. The number of benzene rings is 1. The molecule has 0 bridgehead atoms. The fraction of sp³-hybridized carbons (Fsp3) is 0.500. The second-order valence-corrected chi connectivity index (χ2v) is 8.94. The maximum atomic E-state index is 11.2. The summed E-state index contributed by atoms with van der Waals surface area (Å²) in [5, 5.41) is 11.7. The van der Waals surface area contributed by atoms with Crippen LogP contribution in [-0.4, -0.2) is 60.8 Å². The van der Waals surface area contributed by atoms with E-state index < -0.39 is 9.84 Å². The van der Waals surface area contributed by atoms with Crippen molar-refractivity contribution in [2.24, 2.45) is 0 Å². The first-order valence-corrected chi connectivity index (χ1v) is 11.1. The minimum Gasteiger partial charge on any atom is -0.493 e. The highest BCUT2D eigenvalue weighted by Crippen LogP contribution is 2.33. The third-order valence-electron chi connectivity index (χ3n) is 4.47. The van der Waals surface area contributed by atoms with Gasteiger partial charge in [-0.1, -0.05) is 6.42 Å². The van der Waals surface area contributed by atoms with Gasteiger partial charge in [-0.05, 0) is 19.8 Å². The predicted octanol–water partition coefficient (Wildman–Crippen LogP) is 2.23. The molecular weight excluding hydrogens is 382 g/mol. The number of nitrogens with one attached hydrogen (secondary N) is 1. The normalized spacial score (nSPS) is 11.9. The van der Waals surface area contributed by atoms with Crippen LogP contribution >= 0.6 is 0 Å². The monoisotopic (exact) mass is 407 g/mol. The molecule has 0 aliphatic carbocycles. The number of anilines is 1. The van der Waals surface area contributed by atoms with E-state index in [4.69, 9.17) is 14.5 Å². The topological polar surface area (TPSA) is 108 Å². The van der Waals surface area contributed by atoms with Crippen molar-refractivity contribution in [2.45, 2.75) is 26.2 Å². The first kappa shape index (κ1) is 20.1. The number of sulfone groups is 1. The Balaban J connectivity index is 1.86. The molecule has 0 aliphatic rings. The van der Waals surface area contributed by atoms with Gasteiger partial charge in [0.1, 0.15) is 15.7 Å². The van der Waals surface area contributed by atoms with Gasteiger partial charge >= 0.3 is 0 Å². The number of aryl methyl sites for hydroxylation is 1. The van der Waals surface area contributed by atoms with Crippen molar-refractivity contribution in [1.82, 2.24) is 19.6 Å². The van der Waals surface area contributed by atoms with Crippen LogP contribution < -0.4 is 14.8 Å². The summed E-state index contributed by atoms with van der Waals surface area (Å²) in [5.41, 5.74) is 2.19. The highest BCUT2D eigenvalue weighted by Gasteiger charge is 2.16. The number of hydrogen-bond acceptors (Lipinski definition) is 8. The van der Waals surface area contributed by atoms with Crippen molar-refractivity contribution in [3.63, 3.8) is 0 Å². The van der Waals surface area contributed by atoms with Gasteiger partial charge in [0.25, 0.3) is 0 Å². The molecule has 0 aliphatic heterocycles. The number of unbranched alkanes of at least 4 members (excludes halogenated alkanes) is 2. The molecule has 1 N–H and O–H groups in total. The second kappa shape index (κ2) is 8.17. The van der Waals surface area contributed by atoms with Crippen molar-refractivity contribution >= 4 is 32.3 Å². The van der Waals surface area contributed by atoms with Gasteiger partial charge in [0, 0.05) is 30.7 Å². The number of ether oxygens (including phenoxy) is 2. The number of rotatable bonds is 9. The molecule has 0 radical (unpaired) electrons. The lowest BCUT2D eigenvalue weighted by Gasteiger charge is -2.13. The number of methoxy groups -OCH3 is 2. The van der Waals surface area contributed by atoms with E-state index in [1.54, 1.807) is 14.2 Å². The first-order valence-electron chi connectivity index (χ1n) is 9.03. The molecule has 1 aromatic carbocycles. The molecule has 0 saturated heterocycles. The minimum atomic E-state index is -2.90. The van der Waals surface area contributed by atoms with Crippen LogP contribution in [0.3, 0.4) is 0 Å². The van der Waals surface area contributed by atoms with E-state index in [0.29, 0.717) is 35.9 Å². The highest BCUT2D eigenvalue weighted by atomic mass is 32.2. The molecule has 2 aromatic heterocycles. The molecule has 0 unspecified atom stereocenters. The van der Waals surface area contributed by atoms with E-state index in [-0.39, 0.29) is 5.75 Å². The zero-order valence-electron chi connectivity index (χ0n) is 16.5. The molecule has 9 nitrogen and oxygen atoms in total. The fourth-order valence-electron chi connectivity index (χ4n) is 3.09. The Labute approximate surface area is 164 Å². The van der Waals surface area contributed by atoms with Gasteiger partial charge in [0.15, 0.2) is 17.3 Å². The fourth-order valence-corrected chi connectivity index (χ4v) is 3.82. The molecule has 0 fully saturated rings. The summed E-state index contributed by atoms with van der Waals surface area (Å²) in [4.78, 5) is 4.69. The van der Waals surface area contributed by atoms with Crippen LogP contribution in [0.4, 0.5) is 5.82 Å². The maximum absolute atomic E-state index is 11.2. The standard InChI is InChI=1S/C18H25N5O4S/c1-12-21-22-18-17(19-8-6-5-7-9-28(4,24)25)20-13-10-15(26-2)16(27-3)11-14(13)23(12)18/h10-11H,5-9H2,1-4H3,(H,19,20). The molecule has 10 heteroatoms. The Hall–Kier alpha value is -2.62. The zero-order chi connectivity index (χ0) is 20.3. The van der Waals surface area contributed by atoms with Crippen LogP contribution in [0.2, 0.25) is 0 Å². The van der Waals surface area contributed by atoms with Crippen LogP contribution in [-0.2, 0) is 9.84 Å². The Morgan fingerprint density at radius 3 is 2.46 bits per heavy atom. The average molecular weight is 407 g/mol. The predicted molar refractivity (Wildman–Crippen MR) is 108 cm³/mol. The summed E-state index contributed by atoms with van der Waals surface area (Å²) in [6.45, 7) is 2.54. The van der Waals surface area contributed by atoms with E-state index in [0.717, 1.165) is 29.7 Å². The Bertz CT molecular complexity index is 1090. The zero-order valence-corrected chi connectivity index (χ0v) is 17.3. The van der Waals surface area contributed by atoms with Crippen LogP contribution in [0.5, 0.6) is 11.5 Å². The van der Waals surface area contributed by atoms with Crippen molar-refractivity contribution in [2.75, 3.05) is 38.1 Å². The van der Waals surface area contributed by atoms with Crippen LogP contribution in [0, 0.1) is 6.92 Å². The summed E-state index contributed by atoms with van der Waals surface area (Å²) in [6, 6.07) is 3.68. The molecule has 28 heavy (non-hydrogen) atoms. The molecule has 0 atom stereocenters. The Kier molecular flexibility index (Phi) is 5.87. The van der Waals surface area contributed by atoms with E-state index in [1.165, 1.54) is 6.26 Å². The van der Waals surface area contributed by atoms with Crippen molar-refractivity contribution in [1.29, 1.82) is 0 Å². The van der Waals surface area contributed by atoms with E-state index in [1.807, 2.05) is 23.5 Å². The lowest BCUT2D eigenvalue weighted by molar-refractivity contribution is 0.355. The highest BCUT2D eigenvalue weighted by molar-refractivity contribution is 7.90. The smallest absolute Gasteiger partial charge is 0.204 e. The molecule has 3 rings (SSSR count). The van der Waals surface area contributed by atoms with Crippen molar-refractivity contribution in [3.8, 4) is 11.5 Å². The number of fused-ring (bicyclic) bond motifs is 3. The average Bonchev–Trinajstić information content (AvgIpc) is 3.04. The Morgan fingerprint density at radius 2 is 1.79 bits per heavy atom. The largest absolute Gasteiger partial charge is 0.493 e. The van der Waals surface area contributed by atoms with Gasteiger partial charge < -0.3 is 14.8 Å². The van der Waals surface area contributed by atoms with Gasteiger partial charge in [0.05, 0.1) is 25.3 Å². The lowest BCUT2D eigenvalue weighted by Crippen LogP contribution is -2.08. The lowest BCUT2D eigenvalue weighted by atomic mass is 10.2. The summed E-state index contributed by atoms with van der Waals surface area (Å²) < 4.78 is 35.1. The second-order valence-electron chi connectivity index (χ2n) is 6.68. The molecule has 2 heterocycles. The summed E-state index contributed by atoms with van der Waals surface area (Å²) in [7, 11) is 0.273. The number of aromatic nitrogens is 4. The molecule has 0 amide bonds. The summed E-state index contributed by atoms with van der Waals surface area (Å²) in [5.74, 6) is 2.79. The Morgan fingerprint density at radius 1 is 1.07 bits per heavy atom. The van der Waals surface area contributed by atoms with Gasteiger partial charge in [-0.25, -0.2) is 13.4 Å². The quantitative estimate of drug-likeness (QED) is 0.538. The van der Waals surface area contributed by atoms with Gasteiger partial charge in [0.2, 0.25) is 5.65 Å². The molecule has 0 saturated carbocycles. The number of nitrogens with zero attached hydrogens (tertiary/aromatic N) is 4. The van der Waals surface area contributed by atoms with Gasteiger partial charge in [-0.3, -0.25) is 4.40 Å². The summed E-state index contributed by atoms with van der Waals surface area (Å²) >= 11 is 0. The molecule has 0 spiro atoms. The molecule has 3 aromatic rings. The molecular formula is C18H25N5O4S. The van der Waals surface area contributed by atoms with Gasteiger partial charge in [-0.15, -0.1) is 10.2 Å². The molecule has 152 valence electrons. The number of hydrogen-bond donors (Lipinski definition) is 1. The third-order valence-corrected chi connectivity index (χ3v) is 5.51. The van der Waals surface area contributed by atoms with Crippen LogP contribution in [0.25, 0.3) is 16.7 Å². The third kappa shape index (κ3) is 4.27. The van der Waals surface area contributed by atoms with Crippen molar-refractivity contribution in [3.05, 3.63) is 18.0 Å². The summed E-state index contributed by atoms with van der Waals surface area (Å²) in [6.07, 6.45) is 3.57. The van der Waals surface area contributed by atoms with E-state index >= 15 is 0 Å². The van der Waals surface area contributed by atoms with E-state index in [9.17, 15) is 8.42 Å².